The summed E-state index contributed by atoms with van der Waals surface area (Å²) in [6.45, 7) is 1.47. The lowest BCUT2D eigenvalue weighted by Gasteiger charge is -2.16. The number of alkyl halides is 1. The summed E-state index contributed by atoms with van der Waals surface area (Å²) in [6.07, 6.45) is 0. The molecular weight excluding hydrogens is 319 g/mol. The van der Waals surface area contributed by atoms with Crippen molar-refractivity contribution in [3.63, 3.8) is 0 Å². The number of hydrogen-bond donors (Lipinski definition) is 0. The number of aryl methyl sites for hydroxylation is 1. The number of methoxy groups -OCH3 is 1. The van der Waals surface area contributed by atoms with Crippen molar-refractivity contribution in [2.45, 2.75) is 20.1 Å². The molecule has 122 valence electrons. The number of halogens is 1. The van der Waals surface area contributed by atoms with Crippen molar-refractivity contribution < 1.29 is 18.7 Å². The smallest absolute Gasteiger partial charge is 0.337 e. The van der Waals surface area contributed by atoms with Gasteiger partial charge in [-0.3, -0.25) is 4.79 Å². The van der Waals surface area contributed by atoms with E-state index in [1.54, 1.807) is 7.05 Å². The number of esters is 1. The van der Waals surface area contributed by atoms with Gasteiger partial charge in [0.2, 0.25) is 0 Å². The van der Waals surface area contributed by atoms with Crippen LogP contribution in [0.1, 0.15) is 37.0 Å². The van der Waals surface area contributed by atoms with E-state index < -0.39 is 12.6 Å². The van der Waals surface area contributed by atoms with Gasteiger partial charge in [-0.15, -0.1) is 11.3 Å². The molecule has 0 aliphatic carbocycles. The van der Waals surface area contributed by atoms with E-state index in [9.17, 15) is 14.0 Å². The lowest BCUT2D eigenvalue weighted by molar-refractivity contribution is 0.0600. The Kier molecular flexibility index (Phi) is 5.44. The summed E-state index contributed by atoms with van der Waals surface area (Å²) in [5.74, 6) is -0.911. The fraction of sp³-hybridized carbons (Fsp3) is 0.312. The highest BCUT2D eigenvalue weighted by Gasteiger charge is 2.17. The summed E-state index contributed by atoms with van der Waals surface area (Å²) in [7, 11) is 2.88. The van der Waals surface area contributed by atoms with E-state index in [0.717, 1.165) is 10.7 Å². The molecule has 0 fully saturated rings. The second kappa shape index (κ2) is 7.32. The third-order valence-corrected chi connectivity index (χ3v) is 4.15. The first-order valence-corrected chi connectivity index (χ1v) is 7.77. The van der Waals surface area contributed by atoms with Crippen molar-refractivity contribution in [2.24, 2.45) is 0 Å². The average molecular weight is 336 g/mol. The summed E-state index contributed by atoms with van der Waals surface area (Å²) in [4.78, 5) is 30.0. The largest absolute Gasteiger partial charge is 0.465 e. The quantitative estimate of drug-likeness (QED) is 0.788. The van der Waals surface area contributed by atoms with Crippen LogP contribution in [0.25, 0.3) is 0 Å². The fourth-order valence-corrected chi connectivity index (χ4v) is 2.92. The van der Waals surface area contributed by atoms with Gasteiger partial charge in [-0.05, 0) is 30.7 Å². The molecule has 1 aromatic carbocycles. The zero-order valence-corrected chi connectivity index (χ0v) is 13.9. The Morgan fingerprint density at radius 2 is 2.00 bits per heavy atom. The predicted molar refractivity (Wildman–Crippen MR) is 85.2 cm³/mol. The van der Waals surface area contributed by atoms with Gasteiger partial charge >= 0.3 is 5.97 Å². The molecule has 1 aromatic heterocycles. The first kappa shape index (κ1) is 17.1. The Morgan fingerprint density at radius 3 is 2.57 bits per heavy atom. The van der Waals surface area contributed by atoms with E-state index in [2.05, 4.69) is 9.72 Å². The number of thiazole rings is 1. The van der Waals surface area contributed by atoms with Crippen LogP contribution in [-0.4, -0.2) is 35.9 Å². The third-order valence-electron chi connectivity index (χ3n) is 3.20. The Bertz CT molecular complexity index is 730. The van der Waals surface area contributed by atoms with Gasteiger partial charge in [-0.25, -0.2) is 14.2 Å². The van der Waals surface area contributed by atoms with Crippen LogP contribution in [0.5, 0.6) is 0 Å². The first-order chi connectivity index (χ1) is 10.9. The van der Waals surface area contributed by atoms with Crippen LogP contribution in [0.15, 0.2) is 23.6 Å². The molecule has 0 unspecified atom stereocenters. The van der Waals surface area contributed by atoms with Gasteiger partial charge < -0.3 is 9.64 Å². The molecule has 0 radical (unpaired) electrons. The van der Waals surface area contributed by atoms with Crippen LogP contribution < -0.4 is 0 Å². The van der Waals surface area contributed by atoms with Gasteiger partial charge in [0.15, 0.2) is 0 Å². The summed E-state index contributed by atoms with van der Waals surface area (Å²) in [6, 6.07) is 4.24. The molecule has 1 amide bonds. The minimum absolute atomic E-state index is 0.157. The van der Waals surface area contributed by atoms with Gasteiger partial charge in [-0.1, -0.05) is 0 Å². The molecule has 7 heteroatoms. The lowest BCUT2D eigenvalue weighted by Crippen LogP contribution is -2.26. The summed E-state index contributed by atoms with van der Waals surface area (Å²) >= 11 is 1.47. The second-order valence-electron chi connectivity index (χ2n) is 5.09. The number of ether oxygens (including phenoxy) is 1. The van der Waals surface area contributed by atoms with Gasteiger partial charge in [0.1, 0.15) is 11.7 Å². The van der Waals surface area contributed by atoms with E-state index in [0.29, 0.717) is 6.54 Å². The number of rotatable bonds is 5. The molecular formula is C16H17FN2O3S. The van der Waals surface area contributed by atoms with E-state index in [-0.39, 0.29) is 22.6 Å². The molecule has 0 spiro atoms. The Labute approximate surface area is 137 Å². The van der Waals surface area contributed by atoms with Crippen molar-refractivity contribution in [2.75, 3.05) is 14.2 Å². The molecule has 0 atom stereocenters. The number of nitrogens with zero attached hydrogens (tertiary/aromatic N) is 2. The maximum atomic E-state index is 13.0. The highest BCUT2D eigenvalue weighted by molar-refractivity contribution is 7.09. The number of carbonyl (C=O) groups excluding carboxylic acids is 2. The molecule has 0 saturated carbocycles. The molecule has 5 nitrogen and oxygen atoms in total. The minimum atomic E-state index is -0.763. The van der Waals surface area contributed by atoms with Crippen molar-refractivity contribution in [3.8, 4) is 0 Å². The van der Waals surface area contributed by atoms with E-state index >= 15 is 0 Å². The summed E-state index contributed by atoms with van der Waals surface area (Å²) in [5.41, 5.74) is 1.56. The predicted octanol–water partition coefficient (Wildman–Crippen LogP) is 2.98. The van der Waals surface area contributed by atoms with Crippen LogP contribution >= 0.6 is 11.3 Å². The topological polar surface area (TPSA) is 59.5 Å². The zero-order valence-electron chi connectivity index (χ0n) is 13.1. The SMILES string of the molecule is COC(=O)c1cc(CF)cc(C(=O)N(C)Cc2nc(C)cs2)c1. The van der Waals surface area contributed by atoms with E-state index in [1.165, 1.54) is 41.5 Å². The number of amides is 1. The van der Waals surface area contributed by atoms with Gasteiger partial charge in [0, 0.05) is 23.7 Å². The summed E-state index contributed by atoms with van der Waals surface area (Å²) in [5, 5.41) is 2.72. The molecule has 0 bridgehead atoms. The zero-order chi connectivity index (χ0) is 17.0. The summed E-state index contributed by atoms with van der Waals surface area (Å²) < 4.78 is 17.6. The van der Waals surface area contributed by atoms with Crippen molar-refractivity contribution in [3.05, 3.63) is 51.0 Å². The number of benzene rings is 1. The molecule has 2 aromatic rings. The normalized spacial score (nSPS) is 10.4. The lowest BCUT2D eigenvalue weighted by atomic mass is 10.1. The first-order valence-electron chi connectivity index (χ1n) is 6.89. The maximum Gasteiger partial charge on any atom is 0.337 e. The van der Waals surface area contributed by atoms with Crippen LogP contribution in [0, 0.1) is 6.92 Å². The molecule has 2 rings (SSSR count). The van der Waals surface area contributed by atoms with Crippen molar-refractivity contribution in [1.29, 1.82) is 0 Å². The molecule has 0 aliphatic heterocycles. The third kappa shape index (κ3) is 4.13. The van der Waals surface area contributed by atoms with Crippen LogP contribution in [0.4, 0.5) is 4.39 Å². The molecule has 23 heavy (non-hydrogen) atoms. The van der Waals surface area contributed by atoms with Crippen LogP contribution in [0.3, 0.4) is 0 Å². The standard InChI is InChI=1S/C16H17FN2O3S/c1-10-9-23-14(18-10)8-19(2)15(20)12-4-11(7-17)5-13(6-12)16(21)22-3/h4-6,9H,7-8H2,1-3H3. The van der Waals surface area contributed by atoms with Gasteiger partial charge in [0.25, 0.3) is 5.91 Å². The van der Waals surface area contributed by atoms with E-state index in [4.69, 9.17) is 0 Å². The van der Waals surface area contributed by atoms with E-state index in [1.807, 2.05) is 12.3 Å². The van der Waals surface area contributed by atoms with Gasteiger partial charge in [0.05, 0.1) is 19.2 Å². The maximum absolute atomic E-state index is 13.0. The molecule has 0 aliphatic rings. The van der Waals surface area contributed by atoms with Crippen molar-refractivity contribution >= 4 is 23.2 Å². The number of aromatic nitrogens is 1. The monoisotopic (exact) mass is 336 g/mol. The highest BCUT2D eigenvalue weighted by atomic mass is 32.1. The van der Waals surface area contributed by atoms with Crippen LogP contribution in [0.2, 0.25) is 0 Å². The average Bonchev–Trinajstić information content (AvgIpc) is 2.97. The number of carbonyl (C=O) groups is 2. The Hall–Kier alpha value is -2.28. The van der Waals surface area contributed by atoms with Gasteiger partial charge in [-0.2, -0.15) is 0 Å². The fourth-order valence-electron chi connectivity index (χ4n) is 2.10. The van der Waals surface area contributed by atoms with Crippen molar-refractivity contribution in [1.82, 2.24) is 9.88 Å². The highest BCUT2D eigenvalue weighted by Crippen LogP contribution is 2.17. The molecule has 1 heterocycles. The Balaban J connectivity index is 2.25. The molecule has 0 saturated heterocycles. The Morgan fingerprint density at radius 1 is 1.30 bits per heavy atom. The van der Waals surface area contributed by atoms with Crippen LogP contribution in [-0.2, 0) is 18.0 Å². The molecule has 0 N–H and O–H groups in total. The second-order valence-corrected chi connectivity index (χ2v) is 6.03. The number of hydrogen-bond acceptors (Lipinski definition) is 5. The minimum Gasteiger partial charge on any atom is -0.465 e.